The van der Waals surface area contributed by atoms with Crippen molar-refractivity contribution in [1.82, 2.24) is 9.47 Å². The maximum Gasteiger partial charge on any atom is 0.306 e. The summed E-state index contributed by atoms with van der Waals surface area (Å²) in [6.07, 6.45) is 2.80. The number of hydrogen-bond acceptors (Lipinski definition) is 8. The van der Waals surface area contributed by atoms with Crippen LogP contribution in [0.1, 0.15) is 47.5 Å². The first kappa shape index (κ1) is 25.2. The SMILES string of the molecule is COC(=O)C[C@H](C1=Cc2ccccc2OC1)c1oc(CN2C[C@H]3C[C@@H](C2)c2cccc(=O)n2C3)cc(=O)c1O. The monoisotopic (exact) mass is 530 g/mol. The van der Waals surface area contributed by atoms with E-state index in [-0.39, 0.29) is 30.3 Å². The van der Waals surface area contributed by atoms with E-state index < -0.39 is 23.1 Å². The number of esters is 1. The third kappa shape index (κ3) is 4.90. The maximum absolute atomic E-state index is 12.9. The lowest BCUT2D eigenvalue weighted by molar-refractivity contribution is -0.141. The van der Waals surface area contributed by atoms with Crippen LogP contribution in [0.25, 0.3) is 6.08 Å². The van der Waals surface area contributed by atoms with Crippen molar-refractivity contribution in [2.45, 2.75) is 37.8 Å². The Morgan fingerprint density at radius 3 is 2.82 bits per heavy atom. The van der Waals surface area contributed by atoms with Crippen molar-refractivity contribution >= 4 is 12.0 Å². The average molecular weight is 531 g/mol. The molecule has 0 aliphatic carbocycles. The molecule has 6 rings (SSSR count). The van der Waals surface area contributed by atoms with E-state index in [0.717, 1.165) is 36.5 Å². The quantitative estimate of drug-likeness (QED) is 0.484. The first-order valence-electron chi connectivity index (χ1n) is 13.2. The summed E-state index contributed by atoms with van der Waals surface area (Å²) in [5.74, 6) is -0.0593. The molecule has 1 fully saturated rings. The number of nitrogens with zero attached hydrogens (tertiary/aromatic N) is 2. The van der Waals surface area contributed by atoms with E-state index in [1.165, 1.54) is 13.2 Å². The summed E-state index contributed by atoms with van der Waals surface area (Å²) in [7, 11) is 1.30. The molecule has 1 N–H and O–H groups in total. The van der Waals surface area contributed by atoms with Crippen LogP contribution in [-0.4, -0.2) is 47.3 Å². The van der Waals surface area contributed by atoms with Gasteiger partial charge in [-0.2, -0.15) is 0 Å². The smallest absolute Gasteiger partial charge is 0.306 e. The standard InChI is InChI=1S/C30H30N2O7/c1-37-28(35)12-23(21-10-19-5-2-3-7-26(19)38-17-21)30-29(36)25(33)11-22(39-30)16-31-13-18-9-20(15-31)24-6-4-8-27(34)32(24)14-18/h2-8,10-11,18,20,23,36H,9,12-17H2,1H3/t18-,20+,23-/m1/s1. The van der Waals surface area contributed by atoms with Gasteiger partial charge in [-0.25, -0.2) is 0 Å². The fourth-order valence-corrected chi connectivity index (χ4v) is 6.19. The Hall–Kier alpha value is -4.11. The highest BCUT2D eigenvalue weighted by Crippen LogP contribution is 2.39. The van der Waals surface area contributed by atoms with E-state index in [9.17, 15) is 19.5 Å². The molecule has 0 spiro atoms. The zero-order valence-electron chi connectivity index (χ0n) is 21.7. The first-order valence-corrected chi connectivity index (χ1v) is 13.2. The molecule has 0 saturated carbocycles. The number of aromatic nitrogens is 1. The van der Waals surface area contributed by atoms with Gasteiger partial charge in [-0.3, -0.25) is 19.3 Å². The zero-order valence-corrected chi connectivity index (χ0v) is 21.7. The minimum Gasteiger partial charge on any atom is -0.502 e. The van der Waals surface area contributed by atoms with E-state index in [1.54, 1.807) is 6.07 Å². The Balaban J connectivity index is 1.31. The van der Waals surface area contributed by atoms with Crippen LogP contribution < -0.4 is 15.7 Å². The predicted molar refractivity (Wildman–Crippen MR) is 143 cm³/mol. The van der Waals surface area contributed by atoms with Gasteiger partial charge >= 0.3 is 5.97 Å². The minimum atomic E-state index is -0.738. The number of ether oxygens (including phenoxy) is 2. The summed E-state index contributed by atoms with van der Waals surface area (Å²) in [4.78, 5) is 39.9. The van der Waals surface area contributed by atoms with Gasteiger partial charge in [0, 0.05) is 48.9 Å². The van der Waals surface area contributed by atoms with Crippen molar-refractivity contribution in [3.63, 3.8) is 0 Å². The Kier molecular flexibility index (Phi) is 6.60. The van der Waals surface area contributed by atoms with Crippen LogP contribution in [0.3, 0.4) is 0 Å². The number of aromatic hydroxyl groups is 1. The summed E-state index contributed by atoms with van der Waals surface area (Å²) in [5.41, 5.74) is 2.05. The number of fused-ring (bicyclic) bond motifs is 5. The van der Waals surface area contributed by atoms with E-state index in [4.69, 9.17) is 13.9 Å². The van der Waals surface area contributed by atoms with Gasteiger partial charge in [0.1, 0.15) is 18.1 Å². The van der Waals surface area contributed by atoms with E-state index in [2.05, 4.69) is 4.90 Å². The molecular weight excluding hydrogens is 500 g/mol. The van der Waals surface area contributed by atoms with Gasteiger partial charge in [0.25, 0.3) is 5.56 Å². The number of likely N-dealkylation sites (tertiary alicyclic amines) is 1. The van der Waals surface area contributed by atoms with Gasteiger partial charge in [0.2, 0.25) is 11.2 Å². The van der Waals surface area contributed by atoms with E-state index in [0.29, 0.717) is 30.3 Å². The summed E-state index contributed by atoms with van der Waals surface area (Å²) < 4.78 is 18.9. The third-order valence-electron chi connectivity index (χ3n) is 7.95. The molecule has 39 heavy (non-hydrogen) atoms. The summed E-state index contributed by atoms with van der Waals surface area (Å²) in [6.45, 7) is 2.71. The highest BCUT2D eigenvalue weighted by Gasteiger charge is 2.35. The summed E-state index contributed by atoms with van der Waals surface area (Å²) in [5, 5.41) is 10.8. The van der Waals surface area contributed by atoms with Gasteiger partial charge in [-0.15, -0.1) is 0 Å². The number of pyridine rings is 1. The molecule has 1 aromatic carbocycles. The molecule has 202 valence electrons. The summed E-state index contributed by atoms with van der Waals surface area (Å²) in [6, 6.07) is 14.3. The summed E-state index contributed by atoms with van der Waals surface area (Å²) >= 11 is 0. The highest BCUT2D eigenvalue weighted by molar-refractivity contribution is 5.73. The largest absolute Gasteiger partial charge is 0.502 e. The zero-order chi connectivity index (χ0) is 27.1. The Morgan fingerprint density at radius 1 is 1.13 bits per heavy atom. The number of benzene rings is 1. The average Bonchev–Trinajstić information content (AvgIpc) is 2.94. The molecule has 3 atom stereocenters. The van der Waals surface area contributed by atoms with Crippen molar-refractivity contribution in [2.75, 3.05) is 26.8 Å². The molecule has 2 aromatic heterocycles. The van der Waals surface area contributed by atoms with Crippen LogP contribution >= 0.6 is 0 Å². The Bertz CT molecular complexity index is 1570. The Labute approximate surface area is 224 Å². The number of carbonyl (C=O) groups excluding carboxylic acids is 1. The van der Waals surface area contributed by atoms with Crippen LogP contribution in [0.4, 0.5) is 0 Å². The molecule has 0 unspecified atom stereocenters. The minimum absolute atomic E-state index is 0.0325. The Morgan fingerprint density at radius 2 is 1.97 bits per heavy atom. The molecule has 3 aromatic rings. The maximum atomic E-state index is 12.9. The van der Waals surface area contributed by atoms with Gasteiger partial charge < -0.3 is 23.6 Å². The molecule has 9 heteroatoms. The third-order valence-corrected chi connectivity index (χ3v) is 7.95. The fraction of sp³-hybridized carbons (Fsp3) is 0.367. The lowest BCUT2D eigenvalue weighted by Gasteiger charge is -2.42. The molecule has 5 heterocycles. The molecule has 3 aliphatic heterocycles. The highest BCUT2D eigenvalue weighted by atomic mass is 16.5. The molecular formula is C30H30N2O7. The molecule has 3 aliphatic rings. The predicted octanol–water partition coefficient (Wildman–Crippen LogP) is 3.25. The number of hydrogen-bond donors (Lipinski definition) is 1. The van der Waals surface area contributed by atoms with Gasteiger partial charge in [-0.05, 0) is 36.1 Å². The molecule has 9 nitrogen and oxygen atoms in total. The lowest BCUT2D eigenvalue weighted by Crippen LogP contribution is -2.46. The second-order valence-corrected chi connectivity index (χ2v) is 10.6. The van der Waals surface area contributed by atoms with Crippen LogP contribution in [-0.2, 0) is 22.6 Å². The molecule has 0 amide bonds. The van der Waals surface area contributed by atoms with Crippen LogP contribution in [0, 0.1) is 5.92 Å². The molecule has 0 radical (unpaired) electrons. The van der Waals surface area contributed by atoms with Crippen LogP contribution in [0.15, 0.2) is 68.1 Å². The molecule has 1 saturated heterocycles. The number of carbonyl (C=O) groups is 1. The van der Waals surface area contributed by atoms with Crippen molar-refractivity contribution in [1.29, 1.82) is 0 Å². The number of piperidine rings is 1. The topological polar surface area (TPSA) is 111 Å². The van der Waals surface area contributed by atoms with Crippen molar-refractivity contribution in [3.05, 3.63) is 97.5 Å². The fourth-order valence-electron chi connectivity index (χ4n) is 6.19. The molecule has 2 bridgehead atoms. The van der Waals surface area contributed by atoms with E-state index >= 15 is 0 Å². The number of para-hydroxylation sites is 1. The normalized spacial score (nSPS) is 20.7. The van der Waals surface area contributed by atoms with Crippen molar-refractivity contribution < 1.29 is 23.8 Å². The van der Waals surface area contributed by atoms with Crippen LogP contribution in [0.5, 0.6) is 11.5 Å². The number of rotatable bonds is 6. The van der Waals surface area contributed by atoms with Gasteiger partial charge in [-0.1, -0.05) is 24.3 Å². The first-order chi connectivity index (χ1) is 18.9. The van der Waals surface area contributed by atoms with E-state index in [1.807, 2.05) is 47.0 Å². The van der Waals surface area contributed by atoms with Gasteiger partial charge in [0.15, 0.2) is 5.76 Å². The van der Waals surface area contributed by atoms with Gasteiger partial charge in [0.05, 0.1) is 26.0 Å². The van der Waals surface area contributed by atoms with Crippen molar-refractivity contribution in [3.8, 4) is 11.5 Å². The van der Waals surface area contributed by atoms with Crippen LogP contribution in [0.2, 0.25) is 0 Å². The van der Waals surface area contributed by atoms with Crippen molar-refractivity contribution in [2.24, 2.45) is 5.92 Å². The second kappa shape index (κ2) is 10.2. The second-order valence-electron chi connectivity index (χ2n) is 10.6. The number of methoxy groups -OCH3 is 1. The lowest BCUT2D eigenvalue weighted by atomic mass is 9.83.